The zero-order valence-electron chi connectivity index (χ0n) is 29.3. The fourth-order valence-electron chi connectivity index (χ4n) is 6.13. The monoisotopic (exact) mass is 814 g/mol. The van der Waals surface area contributed by atoms with E-state index in [2.05, 4.69) is 6.08 Å². The topological polar surface area (TPSA) is 231 Å². The molecule has 0 saturated heterocycles. The Morgan fingerprint density at radius 3 is 1.27 bits per heavy atom. The number of Topliss-reactive ketones (excluding diaryl/α,β-unsaturated/α-hetero) is 4. The van der Waals surface area contributed by atoms with Gasteiger partial charge in [-0.1, -0.05) is 43.4 Å². The molecule has 0 fully saturated rings. The molecule has 3 N–H and O–H groups in total. The average molecular weight is 815 g/mol. The standard InChI is InChI=1S/C40H30O13S3/c1-22-4-3-5-23(2)25(8-6-22)9-7-24-10-26-12-28-16-34(54(45,46)47)18-30(38(28)42)14-32-20-36(56(51,52)53)21-33(40(32)44)15-31-19-35(55(48,49)50)17-29(39(31)43)13-27(11-24)37(26)41/h3-5,7-22H,6H2,1-2H3,(H,45,46,47)(H,48,49,50)(H,51,52,53)/b4-3?,9-7+,23-5?,25-8?,26-12?,27-13?,28-12?,29-13?,30-14?,31-15?,32-14?,33-15?. The largest absolute Gasteiger partial charge is 0.294 e. The summed E-state index contributed by atoms with van der Waals surface area (Å²) in [6.07, 6.45) is 22.8. The molecule has 0 amide bonds. The van der Waals surface area contributed by atoms with Crippen molar-refractivity contribution < 1.29 is 58.1 Å². The molecule has 0 aliphatic heterocycles. The molecule has 13 nitrogen and oxygen atoms in total. The molecule has 6 aliphatic rings. The van der Waals surface area contributed by atoms with Crippen molar-refractivity contribution in [1.82, 2.24) is 0 Å². The molecule has 0 aromatic heterocycles. The molecular formula is C40H30O13S3. The number of fused-ring (bicyclic) bond motifs is 8. The number of rotatable bonds is 5. The molecule has 16 heteroatoms. The van der Waals surface area contributed by atoms with Crippen LogP contribution in [0.2, 0.25) is 0 Å². The Morgan fingerprint density at radius 2 is 0.875 bits per heavy atom. The van der Waals surface area contributed by atoms with Gasteiger partial charge in [-0.05, 0) is 109 Å². The number of carbonyl (C=O) groups excluding carboxylic acids is 4. The highest BCUT2D eigenvalue weighted by Gasteiger charge is 2.32. The van der Waals surface area contributed by atoms with Crippen LogP contribution >= 0.6 is 0 Å². The van der Waals surface area contributed by atoms with E-state index in [-0.39, 0.29) is 17.1 Å². The first kappa shape index (κ1) is 39.9. The second-order valence-corrected chi connectivity index (χ2v) is 17.5. The van der Waals surface area contributed by atoms with E-state index in [1.165, 1.54) is 12.2 Å². The summed E-state index contributed by atoms with van der Waals surface area (Å²) < 4.78 is 104. The van der Waals surface area contributed by atoms with Crippen molar-refractivity contribution in [2.75, 3.05) is 0 Å². The van der Waals surface area contributed by atoms with E-state index in [9.17, 15) is 58.1 Å². The summed E-state index contributed by atoms with van der Waals surface area (Å²) in [5.74, 6) is -3.52. The van der Waals surface area contributed by atoms with E-state index >= 15 is 0 Å². The fourth-order valence-corrected chi connectivity index (χ4v) is 7.79. The maximum atomic E-state index is 14.1. The summed E-state index contributed by atoms with van der Waals surface area (Å²) >= 11 is 0. The Hall–Kier alpha value is -5.75. The molecule has 286 valence electrons. The summed E-state index contributed by atoms with van der Waals surface area (Å²) in [5, 5.41) is 0. The summed E-state index contributed by atoms with van der Waals surface area (Å²) in [7, 11) is -15.2. The predicted molar refractivity (Wildman–Crippen MR) is 206 cm³/mol. The zero-order chi connectivity index (χ0) is 40.9. The number of hydrogen-bond donors (Lipinski definition) is 3. The van der Waals surface area contributed by atoms with Gasteiger partial charge in [0, 0.05) is 44.6 Å². The Morgan fingerprint density at radius 1 is 0.518 bits per heavy atom. The highest BCUT2D eigenvalue weighted by Crippen LogP contribution is 2.34. The van der Waals surface area contributed by atoms with Crippen LogP contribution in [-0.2, 0) is 49.5 Å². The van der Waals surface area contributed by atoms with Gasteiger partial charge >= 0.3 is 0 Å². The van der Waals surface area contributed by atoms with Gasteiger partial charge in [0.05, 0.1) is 14.7 Å². The molecule has 56 heavy (non-hydrogen) atoms. The van der Waals surface area contributed by atoms with Crippen LogP contribution < -0.4 is 0 Å². The van der Waals surface area contributed by atoms with E-state index in [1.54, 1.807) is 12.2 Å². The number of hydrogen-bond acceptors (Lipinski definition) is 10. The maximum absolute atomic E-state index is 14.1. The molecule has 8 bridgehead atoms. The molecular weight excluding hydrogens is 785 g/mol. The van der Waals surface area contributed by atoms with Gasteiger partial charge in [-0.15, -0.1) is 0 Å². The highest BCUT2D eigenvalue weighted by atomic mass is 32.2. The molecule has 1 unspecified atom stereocenters. The first-order valence-corrected chi connectivity index (χ1v) is 20.9. The first-order valence-electron chi connectivity index (χ1n) is 16.5. The quantitative estimate of drug-likeness (QED) is 0.310. The first-order chi connectivity index (χ1) is 26.1. The molecule has 0 saturated carbocycles. The number of ketones is 4. The van der Waals surface area contributed by atoms with Crippen molar-refractivity contribution in [1.29, 1.82) is 0 Å². The lowest BCUT2D eigenvalue weighted by atomic mass is 9.85. The van der Waals surface area contributed by atoms with Gasteiger partial charge in [-0.3, -0.25) is 32.8 Å². The minimum atomic E-state index is -5.08. The lowest BCUT2D eigenvalue weighted by Crippen LogP contribution is -2.19. The van der Waals surface area contributed by atoms with E-state index < -0.39 is 102 Å². The lowest BCUT2D eigenvalue weighted by molar-refractivity contribution is -0.112. The smallest absolute Gasteiger partial charge is 0.289 e. The lowest BCUT2D eigenvalue weighted by Gasteiger charge is -2.19. The predicted octanol–water partition coefficient (Wildman–Crippen LogP) is 5.01. The van der Waals surface area contributed by atoms with E-state index in [4.69, 9.17) is 0 Å². The van der Waals surface area contributed by atoms with Gasteiger partial charge in [0.1, 0.15) is 0 Å². The molecule has 0 radical (unpaired) electrons. The third kappa shape index (κ3) is 8.55. The van der Waals surface area contributed by atoms with E-state index in [1.807, 2.05) is 32.1 Å². The third-order valence-corrected chi connectivity index (χ3v) is 11.6. The number of allylic oxidation sites excluding steroid dienone is 29. The molecule has 6 aliphatic carbocycles. The Labute approximate surface area is 321 Å². The van der Waals surface area contributed by atoms with Crippen LogP contribution in [0.5, 0.6) is 0 Å². The van der Waals surface area contributed by atoms with Crippen molar-refractivity contribution in [3.8, 4) is 0 Å². The molecule has 1 atom stereocenters. The van der Waals surface area contributed by atoms with Crippen LogP contribution in [-0.4, -0.2) is 62.0 Å². The van der Waals surface area contributed by atoms with Gasteiger partial charge in [-0.25, -0.2) is 0 Å². The normalized spacial score (nSPS) is 22.3. The van der Waals surface area contributed by atoms with Crippen LogP contribution in [0, 0.1) is 5.92 Å². The fraction of sp³-hybridized carbons (Fsp3) is 0.100. The number of carbonyl (C=O) groups is 4. The summed E-state index contributed by atoms with van der Waals surface area (Å²) in [6.45, 7) is 3.95. The summed E-state index contributed by atoms with van der Waals surface area (Å²) in [6, 6.07) is 0. The minimum Gasteiger partial charge on any atom is -0.289 e. The van der Waals surface area contributed by atoms with Crippen molar-refractivity contribution in [2.45, 2.75) is 20.3 Å². The summed E-state index contributed by atoms with van der Waals surface area (Å²) in [5.41, 5.74) is -1.61. The Bertz CT molecular complexity index is 2810. The van der Waals surface area contributed by atoms with Crippen molar-refractivity contribution >= 4 is 53.5 Å². The van der Waals surface area contributed by atoms with Crippen LogP contribution in [0.25, 0.3) is 0 Å². The van der Waals surface area contributed by atoms with Gasteiger partial charge in [0.25, 0.3) is 30.4 Å². The van der Waals surface area contributed by atoms with Crippen molar-refractivity contribution in [2.24, 2.45) is 5.92 Å². The van der Waals surface area contributed by atoms with Gasteiger partial charge in [0.2, 0.25) is 0 Å². The average Bonchev–Trinajstić information content (AvgIpc) is 3.08. The Balaban J connectivity index is 1.66. The SMILES string of the molecule is CC1=CC=CC(C)CC=C1/C=C/C1=CC2=CC3=CC(S(=O)(=O)O)=CC(=CC4=CC(S(=O)(=O)O)=CC(=CC5=CC(S(=O)(=O)O)=CC(=CC(=C1)C2=O)C5=O)C4=O)C3=O. The van der Waals surface area contributed by atoms with Crippen LogP contribution in [0.1, 0.15) is 20.3 Å². The van der Waals surface area contributed by atoms with Gasteiger partial charge in [-0.2, -0.15) is 25.3 Å². The second kappa shape index (κ2) is 14.7. The molecule has 0 aromatic carbocycles. The molecule has 0 aromatic rings. The van der Waals surface area contributed by atoms with Crippen molar-refractivity contribution in [3.63, 3.8) is 0 Å². The highest BCUT2D eigenvalue weighted by molar-refractivity contribution is 7.90. The maximum Gasteiger partial charge on any atom is 0.294 e. The van der Waals surface area contributed by atoms with Gasteiger partial charge < -0.3 is 0 Å². The molecule has 6 rings (SSSR count). The Kier molecular flexibility index (Phi) is 10.5. The zero-order valence-corrected chi connectivity index (χ0v) is 31.8. The minimum absolute atomic E-state index is 0.221. The van der Waals surface area contributed by atoms with Crippen LogP contribution in [0.3, 0.4) is 0 Å². The van der Waals surface area contributed by atoms with E-state index in [0.717, 1.165) is 54.0 Å². The second-order valence-electron chi connectivity index (χ2n) is 13.3. The van der Waals surface area contributed by atoms with Crippen LogP contribution in [0.15, 0.2) is 185 Å². The van der Waals surface area contributed by atoms with E-state index in [0.29, 0.717) is 29.9 Å². The van der Waals surface area contributed by atoms with Crippen LogP contribution in [0.4, 0.5) is 0 Å². The molecule has 0 heterocycles. The summed E-state index contributed by atoms with van der Waals surface area (Å²) in [4.78, 5) is 53.1. The van der Waals surface area contributed by atoms with Crippen molar-refractivity contribution in [3.05, 3.63) is 185 Å². The third-order valence-electron chi connectivity index (χ3n) is 9.07. The van der Waals surface area contributed by atoms with Gasteiger partial charge in [0.15, 0.2) is 23.1 Å². The molecule has 0 spiro atoms.